The lowest BCUT2D eigenvalue weighted by Gasteiger charge is -2.09. The molecule has 30 heavy (non-hydrogen) atoms. The summed E-state index contributed by atoms with van der Waals surface area (Å²) in [6.45, 7) is 2.77. The number of hydrogen-bond donors (Lipinski definition) is 1. The molecule has 0 atom stereocenters. The van der Waals surface area contributed by atoms with Crippen molar-refractivity contribution in [1.29, 1.82) is 0 Å². The van der Waals surface area contributed by atoms with Gasteiger partial charge in [0.15, 0.2) is 0 Å². The maximum absolute atomic E-state index is 12.1. The Kier molecular flexibility index (Phi) is 12.7. The molecule has 1 N–H and O–H groups in total. The van der Waals surface area contributed by atoms with Gasteiger partial charge >= 0.3 is 6.09 Å². The van der Waals surface area contributed by atoms with Gasteiger partial charge in [-0.3, -0.25) is 5.32 Å². The minimum atomic E-state index is -0.360. The van der Waals surface area contributed by atoms with Crippen LogP contribution in [0, 0.1) is 0 Å². The predicted octanol–water partition coefficient (Wildman–Crippen LogP) is 8.87. The highest BCUT2D eigenvalue weighted by Gasteiger charge is 2.06. The topological polar surface area (TPSA) is 38.3 Å². The number of hydrogen-bond acceptors (Lipinski definition) is 2. The van der Waals surface area contributed by atoms with E-state index in [0.29, 0.717) is 6.61 Å². The molecule has 0 aromatic heterocycles. The summed E-state index contributed by atoms with van der Waals surface area (Å²) in [5.74, 6) is 0. The molecule has 0 radical (unpaired) electrons. The number of benzene rings is 2. The SMILES string of the molecule is CCCCCCCCCCCCCCCCOC(=O)Nc1cccc2ccccc12. The van der Waals surface area contributed by atoms with Gasteiger partial charge in [-0.2, -0.15) is 0 Å². The maximum Gasteiger partial charge on any atom is 0.411 e. The summed E-state index contributed by atoms with van der Waals surface area (Å²) < 4.78 is 5.35. The molecule has 3 heteroatoms. The molecule has 0 saturated heterocycles. The van der Waals surface area contributed by atoms with E-state index in [4.69, 9.17) is 4.74 Å². The summed E-state index contributed by atoms with van der Waals surface area (Å²) in [5, 5.41) is 5.02. The number of amides is 1. The fraction of sp³-hybridized carbons (Fsp3) is 0.593. The van der Waals surface area contributed by atoms with E-state index in [9.17, 15) is 4.79 Å². The number of ether oxygens (including phenoxy) is 1. The lowest BCUT2D eigenvalue weighted by atomic mass is 10.0. The lowest BCUT2D eigenvalue weighted by molar-refractivity contribution is 0.159. The van der Waals surface area contributed by atoms with Gasteiger partial charge in [0.05, 0.1) is 12.3 Å². The first-order chi connectivity index (χ1) is 14.8. The summed E-state index contributed by atoms with van der Waals surface area (Å²) in [4.78, 5) is 12.1. The molecule has 0 unspecified atom stereocenters. The van der Waals surface area contributed by atoms with Crippen LogP contribution in [0.25, 0.3) is 10.8 Å². The molecule has 2 aromatic rings. The second-order valence-electron chi connectivity index (χ2n) is 8.38. The third-order valence-corrected chi connectivity index (χ3v) is 5.76. The highest BCUT2D eigenvalue weighted by molar-refractivity contribution is 6.00. The normalized spacial score (nSPS) is 11.0. The molecule has 0 aliphatic rings. The molecule has 2 aromatic carbocycles. The molecule has 0 heterocycles. The van der Waals surface area contributed by atoms with Crippen molar-refractivity contribution < 1.29 is 9.53 Å². The molecular formula is C27H41NO2. The summed E-state index contributed by atoms with van der Waals surface area (Å²) in [6, 6.07) is 13.9. The van der Waals surface area contributed by atoms with Crippen molar-refractivity contribution in [1.82, 2.24) is 0 Å². The van der Waals surface area contributed by atoms with E-state index >= 15 is 0 Å². The number of unbranched alkanes of at least 4 members (excludes halogenated alkanes) is 13. The summed E-state index contributed by atoms with van der Waals surface area (Å²) in [5.41, 5.74) is 0.805. The van der Waals surface area contributed by atoms with Crippen LogP contribution in [0.4, 0.5) is 10.5 Å². The van der Waals surface area contributed by atoms with Gasteiger partial charge in [0, 0.05) is 5.39 Å². The highest BCUT2D eigenvalue weighted by Crippen LogP contribution is 2.23. The number of rotatable bonds is 16. The quantitative estimate of drug-likeness (QED) is 0.280. The van der Waals surface area contributed by atoms with Crippen molar-refractivity contribution in [2.45, 2.75) is 96.8 Å². The van der Waals surface area contributed by atoms with E-state index in [-0.39, 0.29) is 6.09 Å². The zero-order valence-corrected chi connectivity index (χ0v) is 19.0. The van der Waals surface area contributed by atoms with E-state index < -0.39 is 0 Å². The second kappa shape index (κ2) is 15.8. The Morgan fingerprint density at radius 3 is 1.87 bits per heavy atom. The Morgan fingerprint density at radius 2 is 1.23 bits per heavy atom. The van der Waals surface area contributed by atoms with Crippen molar-refractivity contribution in [2.24, 2.45) is 0 Å². The molecule has 1 amide bonds. The third-order valence-electron chi connectivity index (χ3n) is 5.76. The summed E-state index contributed by atoms with van der Waals surface area (Å²) >= 11 is 0. The molecule has 0 saturated carbocycles. The van der Waals surface area contributed by atoms with Gasteiger partial charge in [0.2, 0.25) is 0 Å². The van der Waals surface area contributed by atoms with Gasteiger partial charge in [0.1, 0.15) is 0 Å². The molecule has 0 spiro atoms. The average molecular weight is 412 g/mol. The Morgan fingerprint density at radius 1 is 0.700 bits per heavy atom. The summed E-state index contributed by atoms with van der Waals surface area (Å²) in [7, 11) is 0. The van der Waals surface area contributed by atoms with E-state index in [1.165, 1.54) is 77.0 Å². The molecule has 0 aliphatic heterocycles. The van der Waals surface area contributed by atoms with Crippen LogP contribution in [-0.2, 0) is 4.74 Å². The first-order valence-electron chi connectivity index (χ1n) is 12.2. The van der Waals surface area contributed by atoms with Crippen molar-refractivity contribution in [3.05, 3.63) is 42.5 Å². The van der Waals surface area contributed by atoms with E-state index in [1.807, 2.05) is 42.5 Å². The van der Waals surface area contributed by atoms with E-state index in [0.717, 1.165) is 29.3 Å². The van der Waals surface area contributed by atoms with Gasteiger partial charge in [-0.1, -0.05) is 127 Å². The molecule has 0 bridgehead atoms. The molecule has 0 fully saturated rings. The number of carbonyl (C=O) groups excluding carboxylic acids is 1. The predicted molar refractivity (Wildman–Crippen MR) is 129 cm³/mol. The second-order valence-corrected chi connectivity index (χ2v) is 8.38. The maximum atomic E-state index is 12.1. The fourth-order valence-corrected chi connectivity index (χ4v) is 3.94. The van der Waals surface area contributed by atoms with Gasteiger partial charge in [-0.15, -0.1) is 0 Å². The Bertz CT molecular complexity index is 708. The Labute approximate surface area is 183 Å². The van der Waals surface area contributed by atoms with Gasteiger partial charge in [-0.05, 0) is 17.9 Å². The third kappa shape index (κ3) is 10.1. The van der Waals surface area contributed by atoms with Crippen LogP contribution in [0.15, 0.2) is 42.5 Å². The van der Waals surface area contributed by atoms with E-state index in [2.05, 4.69) is 12.2 Å². The molecular weight excluding hydrogens is 370 g/mol. The highest BCUT2D eigenvalue weighted by atomic mass is 16.5. The van der Waals surface area contributed by atoms with Crippen LogP contribution < -0.4 is 5.32 Å². The Balaban J connectivity index is 1.41. The zero-order chi connectivity index (χ0) is 21.3. The van der Waals surface area contributed by atoms with Crippen LogP contribution in [0.2, 0.25) is 0 Å². The summed E-state index contributed by atoms with van der Waals surface area (Å²) in [6.07, 6.45) is 18.2. The molecule has 2 rings (SSSR count). The smallest absolute Gasteiger partial charge is 0.411 e. The largest absolute Gasteiger partial charge is 0.449 e. The molecule has 166 valence electrons. The molecule has 0 aliphatic carbocycles. The van der Waals surface area contributed by atoms with Crippen molar-refractivity contribution in [2.75, 3.05) is 11.9 Å². The van der Waals surface area contributed by atoms with Crippen molar-refractivity contribution in [3.8, 4) is 0 Å². The monoisotopic (exact) mass is 411 g/mol. The number of fused-ring (bicyclic) bond motifs is 1. The standard InChI is InChI=1S/C27H41NO2/c1-2-3-4-5-6-7-8-9-10-11-12-13-14-17-23-30-27(29)28-26-22-18-20-24-19-15-16-21-25(24)26/h15-16,18-22H,2-14,17,23H2,1H3,(H,28,29). The average Bonchev–Trinajstić information content (AvgIpc) is 2.76. The van der Waals surface area contributed by atoms with Gasteiger partial charge < -0.3 is 4.74 Å². The first-order valence-corrected chi connectivity index (χ1v) is 12.2. The molecule has 3 nitrogen and oxygen atoms in total. The van der Waals surface area contributed by atoms with Crippen LogP contribution >= 0.6 is 0 Å². The van der Waals surface area contributed by atoms with Crippen LogP contribution in [0.3, 0.4) is 0 Å². The fourth-order valence-electron chi connectivity index (χ4n) is 3.94. The minimum absolute atomic E-state index is 0.360. The first kappa shape index (κ1) is 24.2. The van der Waals surface area contributed by atoms with Crippen LogP contribution in [0.1, 0.15) is 96.8 Å². The number of carbonyl (C=O) groups is 1. The minimum Gasteiger partial charge on any atom is -0.449 e. The van der Waals surface area contributed by atoms with Crippen LogP contribution in [-0.4, -0.2) is 12.7 Å². The number of nitrogens with one attached hydrogen (secondary N) is 1. The van der Waals surface area contributed by atoms with Gasteiger partial charge in [0.25, 0.3) is 0 Å². The van der Waals surface area contributed by atoms with E-state index in [1.54, 1.807) is 0 Å². The Hall–Kier alpha value is -2.03. The van der Waals surface area contributed by atoms with Crippen LogP contribution in [0.5, 0.6) is 0 Å². The lowest BCUT2D eigenvalue weighted by Crippen LogP contribution is -2.14. The van der Waals surface area contributed by atoms with Crippen molar-refractivity contribution in [3.63, 3.8) is 0 Å². The van der Waals surface area contributed by atoms with Crippen molar-refractivity contribution >= 4 is 22.6 Å². The zero-order valence-electron chi connectivity index (χ0n) is 19.0. The number of anilines is 1. The van der Waals surface area contributed by atoms with Gasteiger partial charge in [-0.25, -0.2) is 4.79 Å².